The minimum absolute atomic E-state index is 0.0319. The van der Waals surface area contributed by atoms with Crippen molar-refractivity contribution in [3.05, 3.63) is 22.5 Å². The summed E-state index contributed by atoms with van der Waals surface area (Å²) in [5.41, 5.74) is 1.32. The predicted octanol–water partition coefficient (Wildman–Crippen LogP) is 1.72. The molecule has 0 spiro atoms. The first-order valence-electron chi connectivity index (χ1n) is 5.99. The van der Waals surface area contributed by atoms with E-state index in [4.69, 9.17) is 11.5 Å². The Bertz CT molecular complexity index is 550. The van der Waals surface area contributed by atoms with Crippen LogP contribution in [0.5, 0.6) is 0 Å². The van der Waals surface area contributed by atoms with Gasteiger partial charge in [0, 0.05) is 5.69 Å². The number of aromatic amines is 1. The van der Waals surface area contributed by atoms with Crippen LogP contribution in [0.4, 0.5) is 0 Å². The highest BCUT2D eigenvalue weighted by atomic mass is 16.4. The van der Waals surface area contributed by atoms with E-state index in [2.05, 4.69) is 16.2 Å². The number of carboxylic acids is 1. The van der Waals surface area contributed by atoms with Crippen molar-refractivity contribution in [2.45, 2.75) is 33.7 Å². The van der Waals surface area contributed by atoms with E-state index in [9.17, 15) is 9.59 Å². The molecule has 0 bridgehead atoms. The Morgan fingerprint density at radius 3 is 2.32 bits per heavy atom. The number of rotatable bonds is 4. The molecule has 0 aliphatic rings. The van der Waals surface area contributed by atoms with Crippen LogP contribution in [0.15, 0.2) is 0 Å². The zero-order chi connectivity index (χ0) is 14.7. The number of terminal acetylenes is 1. The van der Waals surface area contributed by atoms with Gasteiger partial charge in [-0.2, -0.15) is 0 Å². The number of hydrogen-bond acceptors (Lipinski definition) is 2. The van der Waals surface area contributed by atoms with Crippen molar-refractivity contribution >= 4 is 11.9 Å². The van der Waals surface area contributed by atoms with E-state index >= 15 is 0 Å². The lowest BCUT2D eigenvalue weighted by Crippen LogP contribution is -2.37. The summed E-state index contributed by atoms with van der Waals surface area (Å²) in [7, 11) is 0. The number of carboxylic acid groups (broad SMARTS) is 1. The summed E-state index contributed by atoms with van der Waals surface area (Å²) in [6, 6.07) is -0.380. The molecule has 1 atom stereocenters. The Morgan fingerprint density at radius 1 is 1.37 bits per heavy atom. The fraction of sp³-hybridized carbons (Fsp3) is 0.429. The van der Waals surface area contributed by atoms with E-state index in [1.165, 1.54) is 0 Å². The van der Waals surface area contributed by atoms with E-state index in [1.807, 2.05) is 13.8 Å². The summed E-state index contributed by atoms with van der Waals surface area (Å²) in [5.74, 6) is 1.18. The number of H-pyrrole nitrogens is 1. The molecule has 0 aromatic carbocycles. The summed E-state index contributed by atoms with van der Waals surface area (Å²) < 4.78 is 0. The zero-order valence-electron chi connectivity index (χ0n) is 11.5. The van der Waals surface area contributed by atoms with E-state index in [0.717, 1.165) is 0 Å². The predicted molar refractivity (Wildman–Crippen MR) is 72.2 cm³/mol. The molecule has 0 saturated carbocycles. The molecule has 0 fully saturated rings. The smallest absolute Gasteiger partial charge is 0.352 e. The van der Waals surface area contributed by atoms with E-state index in [1.54, 1.807) is 13.8 Å². The van der Waals surface area contributed by atoms with Gasteiger partial charge in [0.2, 0.25) is 0 Å². The first-order chi connectivity index (χ1) is 8.79. The maximum atomic E-state index is 12.2. The molecular weight excluding hydrogens is 244 g/mol. The van der Waals surface area contributed by atoms with Crippen LogP contribution in [0.25, 0.3) is 0 Å². The van der Waals surface area contributed by atoms with Gasteiger partial charge in [0.15, 0.2) is 0 Å². The minimum Gasteiger partial charge on any atom is -0.477 e. The quantitative estimate of drug-likeness (QED) is 0.722. The molecule has 5 nitrogen and oxygen atoms in total. The first-order valence-corrected chi connectivity index (χ1v) is 5.99. The van der Waals surface area contributed by atoms with Crippen LogP contribution in [0, 0.1) is 32.1 Å². The van der Waals surface area contributed by atoms with Gasteiger partial charge in [0.1, 0.15) is 5.69 Å². The van der Waals surface area contributed by atoms with Gasteiger partial charge in [0.05, 0.1) is 11.6 Å². The number of aromatic carboxylic acids is 1. The average molecular weight is 262 g/mol. The molecule has 102 valence electrons. The molecule has 0 saturated heterocycles. The zero-order valence-corrected chi connectivity index (χ0v) is 11.5. The summed E-state index contributed by atoms with van der Waals surface area (Å²) in [5, 5.41) is 11.7. The molecule has 1 amide bonds. The standard InChI is InChI=1S/C14H18N2O3/c1-6-10(7(2)3)16-13(17)11-8(4)12(14(18)19)15-9(11)5/h1,7,10,15H,2-5H3,(H,16,17)(H,18,19). The second-order valence-electron chi connectivity index (χ2n) is 4.79. The summed E-state index contributed by atoms with van der Waals surface area (Å²) in [4.78, 5) is 25.9. The topological polar surface area (TPSA) is 82.2 Å². The van der Waals surface area contributed by atoms with Crippen LogP contribution in [-0.2, 0) is 0 Å². The second kappa shape index (κ2) is 5.61. The molecule has 0 aliphatic carbocycles. The number of nitrogens with one attached hydrogen (secondary N) is 2. The van der Waals surface area contributed by atoms with Crippen LogP contribution in [0.2, 0.25) is 0 Å². The van der Waals surface area contributed by atoms with Crippen molar-refractivity contribution < 1.29 is 14.7 Å². The summed E-state index contributed by atoms with van der Waals surface area (Å²) in [6.45, 7) is 7.07. The molecule has 0 radical (unpaired) electrons. The first kappa shape index (κ1) is 14.8. The van der Waals surface area contributed by atoms with Gasteiger partial charge in [0.25, 0.3) is 5.91 Å². The molecule has 0 aliphatic heterocycles. The molecule has 3 N–H and O–H groups in total. The van der Waals surface area contributed by atoms with Crippen molar-refractivity contribution in [3.63, 3.8) is 0 Å². The maximum Gasteiger partial charge on any atom is 0.352 e. The van der Waals surface area contributed by atoms with Crippen LogP contribution >= 0.6 is 0 Å². The second-order valence-corrected chi connectivity index (χ2v) is 4.79. The van der Waals surface area contributed by atoms with E-state index in [-0.39, 0.29) is 23.6 Å². The van der Waals surface area contributed by atoms with Gasteiger partial charge in [-0.3, -0.25) is 4.79 Å². The summed E-state index contributed by atoms with van der Waals surface area (Å²) >= 11 is 0. The Balaban J connectivity index is 3.08. The lowest BCUT2D eigenvalue weighted by Gasteiger charge is -2.16. The van der Waals surface area contributed by atoms with E-state index < -0.39 is 5.97 Å². The lowest BCUT2D eigenvalue weighted by molar-refractivity contribution is 0.0690. The lowest BCUT2D eigenvalue weighted by atomic mass is 10.0. The van der Waals surface area contributed by atoms with Gasteiger partial charge in [-0.15, -0.1) is 6.42 Å². The Hall–Kier alpha value is -2.22. The van der Waals surface area contributed by atoms with Gasteiger partial charge in [-0.25, -0.2) is 4.79 Å². The molecule has 5 heteroatoms. The van der Waals surface area contributed by atoms with Crippen LogP contribution < -0.4 is 5.32 Å². The van der Waals surface area contributed by atoms with Crippen molar-refractivity contribution in [1.29, 1.82) is 0 Å². The van der Waals surface area contributed by atoms with Crippen molar-refractivity contribution in [2.24, 2.45) is 5.92 Å². The van der Waals surface area contributed by atoms with Crippen LogP contribution in [-0.4, -0.2) is 28.0 Å². The molecular formula is C14H18N2O3. The molecule has 1 heterocycles. The average Bonchev–Trinajstić information content (AvgIpc) is 2.61. The monoisotopic (exact) mass is 262 g/mol. The number of amides is 1. The number of hydrogen-bond donors (Lipinski definition) is 3. The van der Waals surface area contributed by atoms with Gasteiger partial charge in [-0.1, -0.05) is 19.8 Å². The van der Waals surface area contributed by atoms with Crippen LogP contribution in [0.1, 0.15) is 46.0 Å². The number of carbonyl (C=O) groups is 2. The van der Waals surface area contributed by atoms with E-state index in [0.29, 0.717) is 16.8 Å². The Kier molecular flexibility index (Phi) is 4.38. The third-order valence-electron chi connectivity index (χ3n) is 3.01. The van der Waals surface area contributed by atoms with Crippen molar-refractivity contribution in [3.8, 4) is 12.3 Å². The Labute approximate surface area is 112 Å². The van der Waals surface area contributed by atoms with Gasteiger partial charge >= 0.3 is 5.97 Å². The highest BCUT2D eigenvalue weighted by Gasteiger charge is 2.23. The normalized spacial score (nSPS) is 12.0. The fourth-order valence-corrected chi connectivity index (χ4v) is 1.92. The van der Waals surface area contributed by atoms with Crippen molar-refractivity contribution in [2.75, 3.05) is 0 Å². The highest BCUT2D eigenvalue weighted by Crippen LogP contribution is 2.18. The largest absolute Gasteiger partial charge is 0.477 e. The van der Waals surface area contributed by atoms with Gasteiger partial charge < -0.3 is 15.4 Å². The number of carbonyl (C=O) groups excluding carboxylic acids is 1. The molecule has 1 aromatic heterocycles. The molecule has 1 aromatic rings. The molecule has 19 heavy (non-hydrogen) atoms. The SMILES string of the molecule is C#CC(NC(=O)c1c(C)[nH]c(C(=O)O)c1C)C(C)C. The number of aryl methyl sites for hydroxylation is 1. The Morgan fingerprint density at radius 2 is 1.95 bits per heavy atom. The van der Waals surface area contributed by atoms with Crippen LogP contribution in [0.3, 0.4) is 0 Å². The minimum atomic E-state index is -1.09. The maximum absolute atomic E-state index is 12.2. The third kappa shape index (κ3) is 2.97. The van der Waals surface area contributed by atoms with Crippen molar-refractivity contribution in [1.82, 2.24) is 10.3 Å². The number of aromatic nitrogens is 1. The van der Waals surface area contributed by atoms with Gasteiger partial charge in [-0.05, 0) is 25.3 Å². The molecule has 1 unspecified atom stereocenters. The fourth-order valence-electron chi connectivity index (χ4n) is 1.92. The third-order valence-corrected chi connectivity index (χ3v) is 3.01. The highest BCUT2D eigenvalue weighted by molar-refractivity contribution is 6.01. The molecule has 1 rings (SSSR count). The summed E-state index contributed by atoms with van der Waals surface area (Å²) in [6.07, 6.45) is 5.36.